The molecule has 1 aliphatic heterocycles. The number of fused-ring (bicyclic) bond motifs is 1. The van der Waals surface area contributed by atoms with Crippen LogP contribution in [0, 0.1) is 5.92 Å². The van der Waals surface area contributed by atoms with Crippen molar-refractivity contribution in [1.29, 1.82) is 0 Å². The number of hydrogen-bond donors (Lipinski definition) is 1. The van der Waals surface area contributed by atoms with Crippen molar-refractivity contribution in [3.05, 3.63) is 66.9 Å². The first-order valence-electron chi connectivity index (χ1n) is 9.36. The van der Waals surface area contributed by atoms with Crippen LogP contribution in [0.5, 0.6) is 5.75 Å². The normalized spacial score (nSPS) is 16.2. The number of nitrogens with one attached hydrogen (secondary N) is 1. The minimum atomic E-state index is -0.631. The standard InChI is InChI=1S/C22H19N5O3/c1-15-18(22(29)27(26-15)17-9-3-2-4-10-17)13-24-25-20(28)14-30-19-11-5-7-16-8-6-12-23-21(16)19/h2-13,18H,14H2,1H3,(H,25,28)/b24-13-/t18-/m1/s1. The summed E-state index contributed by atoms with van der Waals surface area (Å²) in [6.45, 7) is 1.52. The fourth-order valence-corrected chi connectivity index (χ4v) is 3.06. The predicted molar refractivity (Wildman–Crippen MR) is 114 cm³/mol. The van der Waals surface area contributed by atoms with Gasteiger partial charge in [0.15, 0.2) is 6.61 Å². The van der Waals surface area contributed by atoms with Gasteiger partial charge in [0.25, 0.3) is 11.8 Å². The number of carbonyl (C=O) groups is 2. The second-order valence-corrected chi connectivity index (χ2v) is 6.64. The summed E-state index contributed by atoms with van der Waals surface area (Å²) in [7, 11) is 0. The molecule has 4 rings (SSSR count). The number of pyridine rings is 1. The van der Waals surface area contributed by atoms with Crippen LogP contribution in [0.3, 0.4) is 0 Å². The Morgan fingerprint density at radius 3 is 2.80 bits per heavy atom. The Bertz CT molecular complexity index is 1140. The van der Waals surface area contributed by atoms with Gasteiger partial charge in [0.2, 0.25) is 0 Å². The highest BCUT2D eigenvalue weighted by molar-refractivity contribution is 6.23. The molecule has 3 aromatic rings. The topological polar surface area (TPSA) is 96.2 Å². The van der Waals surface area contributed by atoms with Crippen LogP contribution in [0.2, 0.25) is 0 Å². The first kappa shape index (κ1) is 19.3. The largest absolute Gasteiger partial charge is 0.481 e. The number of para-hydroxylation sites is 2. The quantitative estimate of drug-likeness (QED) is 0.507. The zero-order valence-corrected chi connectivity index (χ0v) is 16.2. The number of amides is 2. The highest BCUT2D eigenvalue weighted by Gasteiger charge is 2.33. The molecule has 0 bridgehead atoms. The molecule has 0 radical (unpaired) electrons. The van der Waals surface area contributed by atoms with Crippen LogP contribution < -0.4 is 15.2 Å². The van der Waals surface area contributed by atoms with E-state index in [-0.39, 0.29) is 12.5 Å². The number of anilines is 1. The lowest BCUT2D eigenvalue weighted by molar-refractivity contribution is -0.123. The fourth-order valence-electron chi connectivity index (χ4n) is 3.06. The molecule has 30 heavy (non-hydrogen) atoms. The third kappa shape index (κ3) is 4.02. The SMILES string of the molecule is CC1=NN(c2ccccc2)C(=O)[C@@H]1/C=N\NC(=O)COc1cccc2cccnc12. The van der Waals surface area contributed by atoms with Gasteiger partial charge in [-0.1, -0.05) is 36.4 Å². The Kier molecular flexibility index (Phi) is 5.47. The van der Waals surface area contributed by atoms with E-state index in [0.717, 1.165) is 5.39 Å². The van der Waals surface area contributed by atoms with Crippen molar-refractivity contribution in [1.82, 2.24) is 10.4 Å². The van der Waals surface area contributed by atoms with E-state index in [4.69, 9.17) is 4.74 Å². The molecule has 1 aromatic heterocycles. The maximum Gasteiger partial charge on any atom is 0.277 e. The third-order valence-electron chi connectivity index (χ3n) is 4.55. The van der Waals surface area contributed by atoms with E-state index in [1.807, 2.05) is 42.5 Å². The minimum Gasteiger partial charge on any atom is -0.481 e. The van der Waals surface area contributed by atoms with Gasteiger partial charge in [0.1, 0.15) is 17.2 Å². The lowest BCUT2D eigenvalue weighted by Crippen LogP contribution is -2.30. The fraction of sp³-hybridized carbons (Fsp3) is 0.136. The summed E-state index contributed by atoms with van der Waals surface area (Å²) in [4.78, 5) is 29.0. The van der Waals surface area contributed by atoms with Gasteiger partial charge in [-0.2, -0.15) is 15.2 Å². The molecule has 0 unspecified atom stereocenters. The molecular formula is C22H19N5O3. The van der Waals surface area contributed by atoms with Crippen molar-refractivity contribution in [2.75, 3.05) is 11.6 Å². The van der Waals surface area contributed by atoms with Crippen molar-refractivity contribution in [3.8, 4) is 5.75 Å². The molecule has 8 nitrogen and oxygen atoms in total. The molecule has 2 amide bonds. The number of nitrogens with zero attached hydrogens (tertiary/aromatic N) is 4. The molecule has 1 N–H and O–H groups in total. The van der Waals surface area contributed by atoms with E-state index < -0.39 is 11.8 Å². The van der Waals surface area contributed by atoms with E-state index in [1.54, 1.807) is 31.3 Å². The number of carbonyl (C=O) groups excluding carboxylic acids is 2. The number of rotatable bonds is 6. The molecule has 0 fully saturated rings. The van der Waals surface area contributed by atoms with Crippen molar-refractivity contribution in [3.63, 3.8) is 0 Å². The van der Waals surface area contributed by atoms with Crippen molar-refractivity contribution >= 4 is 40.3 Å². The van der Waals surface area contributed by atoms with Crippen molar-refractivity contribution in [2.24, 2.45) is 16.1 Å². The Hall–Kier alpha value is -4.07. The molecule has 0 aliphatic carbocycles. The van der Waals surface area contributed by atoms with Crippen LogP contribution in [0.4, 0.5) is 5.69 Å². The van der Waals surface area contributed by atoms with Crippen LogP contribution in [0.1, 0.15) is 6.92 Å². The Balaban J connectivity index is 1.34. The van der Waals surface area contributed by atoms with Crippen LogP contribution in [-0.4, -0.2) is 35.3 Å². The maximum absolute atomic E-state index is 12.6. The number of benzene rings is 2. The van der Waals surface area contributed by atoms with Gasteiger partial charge >= 0.3 is 0 Å². The summed E-state index contributed by atoms with van der Waals surface area (Å²) in [6.07, 6.45) is 3.04. The summed E-state index contributed by atoms with van der Waals surface area (Å²) in [5, 5.41) is 10.5. The predicted octanol–water partition coefficient (Wildman–Crippen LogP) is 2.75. The second kappa shape index (κ2) is 8.52. The lowest BCUT2D eigenvalue weighted by atomic mass is 10.1. The van der Waals surface area contributed by atoms with Crippen LogP contribution >= 0.6 is 0 Å². The van der Waals surface area contributed by atoms with E-state index in [0.29, 0.717) is 22.7 Å². The Morgan fingerprint density at radius 2 is 1.97 bits per heavy atom. The zero-order valence-electron chi connectivity index (χ0n) is 16.2. The summed E-state index contributed by atoms with van der Waals surface area (Å²) < 4.78 is 5.57. The summed E-state index contributed by atoms with van der Waals surface area (Å²) >= 11 is 0. The van der Waals surface area contributed by atoms with Crippen LogP contribution in [0.15, 0.2) is 77.1 Å². The molecular weight excluding hydrogens is 382 g/mol. The third-order valence-corrected chi connectivity index (χ3v) is 4.55. The lowest BCUT2D eigenvalue weighted by Gasteiger charge is -2.12. The van der Waals surface area contributed by atoms with Gasteiger partial charge in [0, 0.05) is 17.8 Å². The molecule has 8 heteroatoms. The Labute approximate surface area is 172 Å². The average molecular weight is 401 g/mol. The monoisotopic (exact) mass is 401 g/mol. The molecule has 2 heterocycles. The number of hydrazone groups is 2. The molecule has 0 saturated heterocycles. The molecule has 0 saturated carbocycles. The molecule has 150 valence electrons. The van der Waals surface area contributed by atoms with E-state index in [9.17, 15) is 9.59 Å². The summed E-state index contributed by atoms with van der Waals surface area (Å²) in [5.74, 6) is -0.790. The summed E-state index contributed by atoms with van der Waals surface area (Å²) in [5.41, 5.74) is 4.34. The first-order valence-corrected chi connectivity index (χ1v) is 9.36. The maximum atomic E-state index is 12.6. The summed E-state index contributed by atoms with van der Waals surface area (Å²) in [6, 6.07) is 18.4. The minimum absolute atomic E-state index is 0.227. The van der Waals surface area contributed by atoms with Gasteiger partial charge in [-0.3, -0.25) is 14.6 Å². The van der Waals surface area contributed by atoms with Gasteiger partial charge in [0.05, 0.1) is 11.4 Å². The molecule has 2 aromatic carbocycles. The highest BCUT2D eigenvalue weighted by atomic mass is 16.5. The smallest absolute Gasteiger partial charge is 0.277 e. The van der Waals surface area contributed by atoms with Gasteiger partial charge in [-0.05, 0) is 31.2 Å². The number of aromatic nitrogens is 1. The molecule has 1 aliphatic rings. The van der Waals surface area contributed by atoms with Gasteiger partial charge < -0.3 is 4.74 Å². The van der Waals surface area contributed by atoms with Crippen LogP contribution in [-0.2, 0) is 9.59 Å². The second-order valence-electron chi connectivity index (χ2n) is 6.64. The van der Waals surface area contributed by atoms with Crippen molar-refractivity contribution < 1.29 is 14.3 Å². The van der Waals surface area contributed by atoms with Crippen LogP contribution in [0.25, 0.3) is 10.9 Å². The average Bonchev–Trinajstić information content (AvgIpc) is 3.06. The highest BCUT2D eigenvalue weighted by Crippen LogP contribution is 2.23. The van der Waals surface area contributed by atoms with Gasteiger partial charge in [-0.25, -0.2) is 5.43 Å². The van der Waals surface area contributed by atoms with E-state index in [2.05, 4.69) is 20.6 Å². The molecule has 1 atom stereocenters. The first-order chi connectivity index (χ1) is 14.6. The Morgan fingerprint density at radius 1 is 1.17 bits per heavy atom. The zero-order chi connectivity index (χ0) is 20.9. The van der Waals surface area contributed by atoms with Gasteiger partial charge in [-0.15, -0.1) is 0 Å². The number of ether oxygens (including phenoxy) is 1. The van der Waals surface area contributed by atoms with Crippen molar-refractivity contribution in [2.45, 2.75) is 6.92 Å². The number of hydrogen-bond acceptors (Lipinski definition) is 6. The molecule has 0 spiro atoms. The van der Waals surface area contributed by atoms with E-state index >= 15 is 0 Å². The van der Waals surface area contributed by atoms with E-state index in [1.165, 1.54) is 11.2 Å².